The predicted molar refractivity (Wildman–Crippen MR) is 66.3 cm³/mol. The van der Waals surface area contributed by atoms with Crippen LogP contribution in [-0.2, 0) is 11.6 Å². The number of nitrogens with zero attached hydrogens (tertiary/aromatic N) is 4. The fourth-order valence-electron chi connectivity index (χ4n) is 1.37. The van der Waals surface area contributed by atoms with E-state index in [-0.39, 0.29) is 0 Å². The highest BCUT2D eigenvalue weighted by atomic mass is 16.6. The lowest BCUT2D eigenvalue weighted by Crippen LogP contribution is -2.00. The molecule has 18 heavy (non-hydrogen) atoms. The smallest absolute Gasteiger partial charge is 0.195 e. The van der Waals surface area contributed by atoms with Crippen LogP contribution < -0.4 is 4.74 Å². The van der Waals surface area contributed by atoms with E-state index in [1.54, 1.807) is 24.3 Å². The molecule has 2 rings (SSSR count). The van der Waals surface area contributed by atoms with Crippen molar-refractivity contribution in [3.05, 3.63) is 42.5 Å². The van der Waals surface area contributed by atoms with E-state index in [1.165, 1.54) is 0 Å². The minimum Gasteiger partial charge on any atom is -0.497 e. The normalized spacial score (nSPS) is 11.3. The van der Waals surface area contributed by atoms with Gasteiger partial charge in [-0.05, 0) is 36.8 Å². The van der Waals surface area contributed by atoms with E-state index in [9.17, 15) is 0 Å². The molecule has 0 bridgehead atoms. The second kappa shape index (κ2) is 5.81. The van der Waals surface area contributed by atoms with E-state index < -0.39 is 0 Å². The monoisotopic (exact) mass is 246 g/mol. The number of ether oxygens (including phenoxy) is 1. The molecule has 0 saturated carbocycles. The summed E-state index contributed by atoms with van der Waals surface area (Å²) in [5.41, 5.74) is 1.78. The van der Waals surface area contributed by atoms with E-state index in [4.69, 9.17) is 9.57 Å². The largest absolute Gasteiger partial charge is 0.497 e. The molecule has 0 unspecified atom stereocenters. The molecule has 1 aromatic heterocycles. The molecule has 1 heterocycles. The quantitative estimate of drug-likeness (QED) is 0.595. The van der Waals surface area contributed by atoms with Gasteiger partial charge < -0.3 is 9.57 Å². The first-order valence-electron chi connectivity index (χ1n) is 5.43. The van der Waals surface area contributed by atoms with Crippen molar-refractivity contribution in [3.8, 4) is 5.75 Å². The van der Waals surface area contributed by atoms with Crippen molar-refractivity contribution in [1.29, 1.82) is 0 Å². The van der Waals surface area contributed by atoms with Crippen LogP contribution in [0.3, 0.4) is 0 Å². The number of hydrogen-bond acceptors (Lipinski definition) is 5. The summed E-state index contributed by atoms with van der Waals surface area (Å²) in [6.45, 7) is 2.18. The lowest BCUT2D eigenvalue weighted by Gasteiger charge is -2.04. The molecule has 1 aromatic carbocycles. The first kappa shape index (κ1) is 12.1. The number of oxime groups is 1. The van der Waals surface area contributed by atoms with Crippen molar-refractivity contribution < 1.29 is 9.57 Å². The third-order valence-corrected chi connectivity index (χ3v) is 2.38. The van der Waals surface area contributed by atoms with Crippen molar-refractivity contribution >= 4 is 5.71 Å². The molecule has 0 aliphatic rings. The van der Waals surface area contributed by atoms with E-state index in [2.05, 4.69) is 15.4 Å². The van der Waals surface area contributed by atoms with Crippen molar-refractivity contribution in [2.24, 2.45) is 5.16 Å². The predicted octanol–water partition coefficient (Wildman–Crippen LogP) is 1.68. The number of rotatable bonds is 5. The lowest BCUT2D eigenvalue weighted by molar-refractivity contribution is 0.0837. The zero-order chi connectivity index (χ0) is 12.8. The Hall–Kier alpha value is -2.37. The summed E-state index contributed by atoms with van der Waals surface area (Å²) in [6, 6.07) is 7.63. The Morgan fingerprint density at radius 2 is 1.89 bits per heavy atom. The average molecular weight is 246 g/mol. The van der Waals surface area contributed by atoms with Crippen LogP contribution >= 0.6 is 0 Å². The van der Waals surface area contributed by atoms with Gasteiger partial charge in [0.1, 0.15) is 18.4 Å². The topological polar surface area (TPSA) is 61.5 Å². The summed E-state index contributed by atoms with van der Waals surface area (Å²) >= 11 is 0. The first-order chi connectivity index (χ1) is 8.79. The Kier molecular flexibility index (Phi) is 3.90. The van der Waals surface area contributed by atoms with Gasteiger partial charge in [0, 0.05) is 0 Å². The summed E-state index contributed by atoms with van der Waals surface area (Å²) in [7, 11) is 1.64. The van der Waals surface area contributed by atoms with E-state index >= 15 is 0 Å². The maximum atomic E-state index is 5.19. The van der Waals surface area contributed by atoms with Crippen LogP contribution in [0.1, 0.15) is 12.5 Å². The van der Waals surface area contributed by atoms with E-state index in [0.29, 0.717) is 6.73 Å². The van der Waals surface area contributed by atoms with Crippen molar-refractivity contribution in [3.63, 3.8) is 0 Å². The zero-order valence-electron chi connectivity index (χ0n) is 10.3. The van der Waals surface area contributed by atoms with Gasteiger partial charge in [0.15, 0.2) is 6.73 Å². The van der Waals surface area contributed by atoms with Crippen LogP contribution in [0.25, 0.3) is 0 Å². The van der Waals surface area contributed by atoms with E-state index in [0.717, 1.165) is 17.0 Å². The van der Waals surface area contributed by atoms with Crippen LogP contribution in [-0.4, -0.2) is 27.6 Å². The minimum atomic E-state index is 0.292. The highest BCUT2D eigenvalue weighted by Crippen LogP contribution is 2.12. The number of hydrogen-bond donors (Lipinski definition) is 0. The maximum Gasteiger partial charge on any atom is 0.195 e. The number of aromatic nitrogens is 3. The summed E-state index contributed by atoms with van der Waals surface area (Å²) in [5, 5.41) is 11.4. The molecule has 94 valence electrons. The molecular formula is C12H14N4O2. The Balaban J connectivity index is 1.94. The molecule has 0 saturated heterocycles. The molecular weight excluding hydrogens is 232 g/mol. The van der Waals surface area contributed by atoms with Gasteiger partial charge in [0.05, 0.1) is 12.8 Å². The third-order valence-electron chi connectivity index (χ3n) is 2.38. The zero-order valence-corrected chi connectivity index (χ0v) is 10.3. The van der Waals surface area contributed by atoms with Crippen LogP contribution in [0.15, 0.2) is 42.1 Å². The lowest BCUT2D eigenvalue weighted by atomic mass is 10.1. The van der Waals surface area contributed by atoms with Gasteiger partial charge in [-0.3, -0.25) is 4.57 Å². The van der Waals surface area contributed by atoms with Gasteiger partial charge in [-0.2, -0.15) is 0 Å². The van der Waals surface area contributed by atoms with Crippen molar-refractivity contribution in [2.45, 2.75) is 13.7 Å². The molecule has 0 aliphatic heterocycles. The van der Waals surface area contributed by atoms with Crippen LogP contribution in [0.5, 0.6) is 5.75 Å². The average Bonchev–Trinajstić information content (AvgIpc) is 2.92. The molecule has 6 nitrogen and oxygen atoms in total. The molecule has 6 heteroatoms. The van der Waals surface area contributed by atoms with Gasteiger partial charge in [-0.25, -0.2) is 0 Å². The molecule has 2 aromatic rings. The van der Waals surface area contributed by atoms with Crippen LogP contribution in [0.2, 0.25) is 0 Å². The Bertz CT molecular complexity index is 505. The van der Waals surface area contributed by atoms with Crippen molar-refractivity contribution in [2.75, 3.05) is 7.11 Å². The van der Waals surface area contributed by atoms with Gasteiger partial charge in [0.2, 0.25) is 0 Å². The third kappa shape index (κ3) is 3.07. The standard InChI is InChI=1S/C12H14N4O2/c1-10(11-3-5-12(17-2)6-4-11)15-18-9-16-7-13-14-8-16/h3-8H,9H2,1-2H3/b15-10+. The van der Waals surface area contributed by atoms with Gasteiger partial charge in [0.25, 0.3) is 0 Å². The summed E-state index contributed by atoms with van der Waals surface area (Å²) in [4.78, 5) is 5.19. The SMILES string of the molecule is COc1ccc(/C(C)=N/OCn2cnnc2)cc1. The second-order valence-corrected chi connectivity index (χ2v) is 3.64. The minimum absolute atomic E-state index is 0.292. The van der Waals surface area contributed by atoms with Gasteiger partial charge >= 0.3 is 0 Å². The van der Waals surface area contributed by atoms with Crippen molar-refractivity contribution in [1.82, 2.24) is 14.8 Å². The fraction of sp³-hybridized carbons (Fsp3) is 0.250. The molecule has 0 aliphatic carbocycles. The van der Waals surface area contributed by atoms with Crippen LogP contribution in [0.4, 0.5) is 0 Å². The number of benzene rings is 1. The van der Waals surface area contributed by atoms with Gasteiger partial charge in [-0.1, -0.05) is 5.16 Å². The van der Waals surface area contributed by atoms with Gasteiger partial charge in [-0.15, -0.1) is 10.2 Å². The Labute approximate surface area is 105 Å². The highest BCUT2D eigenvalue weighted by molar-refractivity contribution is 5.98. The maximum absolute atomic E-state index is 5.19. The van der Waals surface area contributed by atoms with Crippen LogP contribution in [0, 0.1) is 0 Å². The summed E-state index contributed by atoms with van der Waals surface area (Å²) in [6.07, 6.45) is 3.14. The Morgan fingerprint density at radius 3 is 2.50 bits per heavy atom. The molecule has 0 fully saturated rings. The Morgan fingerprint density at radius 1 is 1.22 bits per heavy atom. The first-order valence-corrected chi connectivity index (χ1v) is 5.43. The summed E-state index contributed by atoms with van der Waals surface area (Å²) < 4.78 is 6.78. The fourth-order valence-corrected chi connectivity index (χ4v) is 1.37. The molecule has 0 amide bonds. The molecule has 0 radical (unpaired) electrons. The molecule has 0 spiro atoms. The number of methoxy groups -OCH3 is 1. The van der Waals surface area contributed by atoms with E-state index in [1.807, 2.05) is 31.2 Å². The molecule has 0 atom stereocenters. The second-order valence-electron chi connectivity index (χ2n) is 3.64. The highest BCUT2D eigenvalue weighted by Gasteiger charge is 1.98. The summed E-state index contributed by atoms with van der Waals surface area (Å²) in [5.74, 6) is 0.817. The molecule has 0 N–H and O–H groups in total.